The molecule has 5 nitrogen and oxygen atoms in total. The fourth-order valence-corrected chi connectivity index (χ4v) is 2.92. The van der Waals surface area contributed by atoms with Gasteiger partial charge in [0.25, 0.3) is 0 Å². The van der Waals surface area contributed by atoms with Crippen LogP contribution in [0.4, 0.5) is 5.69 Å². The Balaban J connectivity index is 1.43. The SMILES string of the molecule is Cc1noc(C2CC2)c1NC(=O)CCn1ccc2ccccc21. The van der Waals surface area contributed by atoms with E-state index in [1.165, 1.54) is 5.39 Å². The molecule has 1 fully saturated rings. The number of aromatic nitrogens is 2. The highest BCUT2D eigenvalue weighted by molar-refractivity contribution is 5.92. The molecule has 1 aliphatic rings. The van der Waals surface area contributed by atoms with E-state index in [4.69, 9.17) is 4.52 Å². The first-order valence-electron chi connectivity index (χ1n) is 8.02. The highest BCUT2D eigenvalue weighted by Gasteiger charge is 2.32. The molecule has 1 amide bonds. The number of carbonyl (C=O) groups is 1. The Labute approximate surface area is 134 Å². The average molecular weight is 309 g/mol. The Morgan fingerprint density at radius 1 is 1.35 bits per heavy atom. The second kappa shape index (κ2) is 5.57. The molecule has 1 aliphatic carbocycles. The third-order valence-electron chi connectivity index (χ3n) is 4.36. The van der Waals surface area contributed by atoms with E-state index in [9.17, 15) is 4.79 Å². The van der Waals surface area contributed by atoms with Gasteiger partial charge >= 0.3 is 0 Å². The molecule has 1 saturated carbocycles. The summed E-state index contributed by atoms with van der Waals surface area (Å²) in [5.41, 5.74) is 2.68. The van der Waals surface area contributed by atoms with Crippen LogP contribution in [-0.2, 0) is 11.3 Å². The minimum absolute atomic E-state index is 0.00372. The van der Waals surface area contributed by atoms with Crippen molar-refractivity contribution in [3.05, 3.63) is 48.0 Å². The Kier molecular flexibility index (Phi) is 3.41. The van der Waals surface area contributed by atoms with Gasteiger partial charge in [0.2, 0.25) is 5.91 Å². The number of aryl methyl sites for hydroxylation is 2. The number of anilines is 1. The van der Waals surface area contributed by atoms with Gasteiger partial charge in [-0.2, -0.15) is 0 Å². The largest absolute Gasteiger partial charge is 0.359 e. The van der Waals surface area contributed by atoms with Gasteiger partial charge in [-0.25, -0.2) is 0 Å². The van der Waals surface area contributed by atoms with Crippen LogP contribution in [0.25, 0.3) is 10.9 Å². The van der Waals surface area contributed by atoms with Crippen molar-refractivity contribution in [2.75, 3.05) is 5.32 Å². The van der Waals surface area contributed by atoms with Crippen molar-refractivity contribution >= 4 is 22.5 Å². The topological polar surface area (TPSA) is 60.1 Å². The second-order valence-corrected chi connectivity index (χ2v) is 6.15. The van der Waals surface area contributed by atoms with Crippen LogP contribution in [0.5, 0.6) is 0 Å². The highest BCUT2D eigenvalue weighted by Crippen LogP contribution is 2.44. The zero-order valence-electron chi connectivity index (χ0n) is 13.1. The summed E-state index contributed by atoms with van der Waals surface area (Å²) < 4.78 is 7.47. The van der Waals surface area contributed by atoms with Gasteiger partial charge in [-0.05, 0) is 37.3 Å². The van der Waals surface area contributed by atoms with Crippen LogP contribution >= 0.6 is 0 Å². The summed E-state index contributed by atoms with van der Waals surface area (Å²) in [6.07, 6.45) is 4.69. The quantitative estimate of drug-likeness (QED) is 0.779. The van der Waals surface area contributed by atoms with Gasteiger partial charge < -0.3 is 14.4 Å². The highest BCUT2D eigenvalue weighted by atomic mass is 16.5. The van der Waals surface area contributed by atoms with Gasteiger partial charge in [0.15, 0.2) is 5.76 Å². The lowest BCUT2D eigenvalue weighted by Gasteiger charge is -2.07. The van der Waals surface area contributed by atoms with Crippen LogP contribution < -0.4 is 5.32 Å². The Morgan fingerprint density at radius 2 is 2.17 bits per heavy atom. The minimum Gasteiger partial charge on any atom is -0.359 e. The van der Waals surface area contributed by atoms with Crippen molar-refractivity contribution in [2.24, 2.45) is 0 Å². The number of para-hydroxylation sites is 1. The molecule has 1 N–H and O–H groups in total. The number of carbonyl (C=O) groups excluding carboxylic acids is 1. The van der Waals surface area contributed by atoms with Gasteiger partial charge in [-0.3, -0.25) is 4.79 Å². The summed E-state index contributed by atoms with van der Waals surface area (Å²) in [6, 6.07) is 10.3. The predicted octanol–water partition coefficient (Wildman–Crippen LogP) is 3.84. The number of hydrogen-bond donors (Lipinski definition) is 1. The molecule has 118 valence electrons. The Bertz CT molecular complexity index is 858. The van der Waals surface area contributed by atoms with Crippen molar-refractivity contribution in [3.63, 3.8) is 0 Å². The number of hydrogen-bond acceptors (Lipinski definition) is 3. The van der Waals surface area contributed by atoms with Crippen molar-refractivity contribution in [1.29, 1.82) is 0 Å². The Morgan fingerprint density at radius 3 is 3.00 bits per heavy atom. The third kappa shape index (κ3) is 2.74. The van der Waals surface area contributed by atoms with E-state index >= 15 is 0 Å². The van der Waals surface area contributed by atoms with E-state index in [-0.39, 0.29) is 5.91 Å². The molecule has 0 bridgehead atoms. The molecule has 0 atom stereocenters. The lowest BCUT2D eigenvalue weighted by atomic mass is 10.2. The van der Waals surface area contributed by atoms with Crippen LogP contribution in [0.3, 0.4) is 0 Å². The maximum Gasteiger partial charge on any atom is 0.226 e. The van der Waals surface area contributed by atoms with Gasteiger partial charge in [0.05, 0.1) is 0 Å². The fraction of sp³-hybridized carbons (Fsp3) is 0.333. The molecule has 2 aromatic heterocycles. The average Bonchev–Trinajstić information content (AvgIpc) is 3.22. The molecular weight excluding hydrogens is 290 g/mol. The molecule has 2 heterocycles. The van der Waals surface area contributed by atoms with E-state index < -0.39 is 0 Å². The van der Waals surface area contributed by atoms with E-state index in [1.54, 1.807) is 0 Å². The molecule has 5 heteroatoms. The van der Waals surface area contributed by atoms with Gasteiger partial charge in [0.1, 0.15) is 11.4 Å². The molecule has 0 radical (unpaired) electrons. The minimum atomic E-state index is -0.00372. The second-order valence-electron chi connectivity index (χ2n) is 6.15. The monoisotopic (exact) mass is 309 g/mol. The molecule has 0 aliphatic heterocycles. The number of amides is 1. The molecule has 4 rings (SSSR count). The summed E-state index contributed by atoms with van der Waals surface area (Å²) in [5, 5.41) is 8.16. The molecule has 23 heavy (non-hydrogen) atoms. The van der Waals surface area contributed by atoms with Crippen molar-refractivity contribution in [3.8, 4) is 0 Å². The molecular formula is C18H19N3O2. The van der Waals surface area contributed by atoms with Crippen LogP contribution in [-0.4, -0.2) is 15.6 Å². The number of fused-ring (bicyclic) bond motifs is 1. The zero-order valence-corrected chi connectivity index (χ0v) is 13.1. The third-order valence-corrected chi connectivity index (χ3v) is 4.36. The summed E-state index contributed by atoms with van der Waals surface area (Å²) >= 11 is 0. The number of nitrogens with zero attached hydrogens (tertiary/aromatic N) is 2. The number of benzene rings is 1. The van der Waals surface area contributed by atoms with Crippen LogP contribution in [0.2, 0.25) is 0 Å². The summed E-state index contributed by atoms with van der Waals surface area (Å²) in [5.74, 6) is 1.26. The summed E-state index contributed by atoms with van der Waals surface area (Å²) in [4.78, 5) is 12.3. The van der Waals surface area contributed by atoms with Gasteiger partial charge in [0, 0.05) is 30.6 Å². The number of rotatable bonds is 5. The molecule has 0 unspecified atom stereocenters. The Hall–Kier alpha value is -2.56. The fourth-order valence-electron chi connectivity index (χ4n) is 2.92. The molecule has 3 aromatic rings. The maximum atomic E-state index is 12.3. The van der Waals surface area contributed by atoms with Crippen LogP contribution in [0.15, 0.2) is 41.1 Å². The van der Waals surface area contributed by atoms with E-state index in [2.05, 4.69) is 33.2 Å². The summed E-state index contributed by atoms with van der Waals surface area (Å²) in [6.45, 7) is 2.52. The van der Waals surface area contributed by atoms with Gasteiger partial charge in [-0.1, -0.05) is 23.4 Å². The summed E-state index contributed by atoms with van der Waals surface area (Å²) in [7, 11) is 0. The smallest absolute Gasteiger partial charge is 0.226 e. The number of nitrogens with one attached hydrogen (secondary N) is 1. The van der Waals surface area contributed by atoms with Crippen molar-refractivity contribution in [1.82, 2.24) is 9.72 Å². The van der Waals surface area contributed by atoms with Crippen molar-refractivity contribution in [2.45, 2.75) is 38.6 Å². The van der Waals surface area contributed by atoms with Gasteiger partial charge in [-0.15, -0.1) is 0 Å². The normalized spacial score (nSPS) is 14.3. The lowest BCUT2D eigenvalue weighted by Crippen LogP contribution is -2.15. The van der Waals surface area contributed by atoms with E-state index in [0.29, 0.717) is 18.9 Å². The first-order valence-corrected chi connectivity index (χ1v) is 8.02. The lowest BCUT2D eigenvalue weighted by molar-refractivity contribution is -0.116. The predicted molar refractivity (Wildman–Crippen MR) is 88.4 cm³/mol. The standard InChI is InChI=1S/C18H19N3O2/c1-12-17(18(23-20-12)14-6-7-14)19-16(22)9-11-21-10-8-13-4-2-3-5-15(13)21/h2-5,8,10,14H,6-7,9,11H2,1H3,(H,19,22). The van der Waals surface area contributed by atoms with E-state index in [1.807, 2.05) is 25.3 Å². The van der Waals surface area contributed by atoms with E-state index in [0.717, 1.165) is 35.5 Å². The first-order chi connectivity index (χ1) is 11.2. The maximum absolute atomic E-state index is 12.3. The van der Waals surface area contributed by atoms with Crippen LogP contribution in [0, 0.1) is 6.92 Å². The zero-order chi connectivity index (χ0) is 15.8. The molecule has 0 spiro atoms. The molecule has 0 saturated heterocycles. The first kappa shape index (κ1) is 14.1. The molecule has 1 aromatic carbocycles. The van der Waals surface area contributed by atoms with Crippen LogP contribution in [0.1, 0.15) is 36.6 Å². The van der Waals surface area contributed by atoms with Crippen molar-refractivity contribution < 1.29 is 9.32 Å².